The van der Waals surface area contributed by atoms with Crippen molar-refractivity contribution in [3.63, 3.8) is 0 Å². The van der Waals surface area contributed by atoms with Gasteiger partial charge in [-0.25, -0.2) is 0 Å². The minimum Gasteiger partial charge on any atom is -2.00 e. The molecule has 0 fully saturated rings. The van der Waals surface area contributed by atoms with Crippen LogP contribution in [0.5, 0.6) is 0 Å². The normalized spacial score (nSPS) is 0. The second kappa shape index (κ2) is 321. The summed E-state index contributed by atoms with van der Waals surface area (Å²) in [4.78, 5) is 0. The van der Waals surface area contributed by atoms with Crippen LogP contribution in [0.15, 0.2) is 0 Å². The fourth-order valence-electron chi connectivity index (χ4n) is 0. The molecule has 0 radical (unpaired) electrons. The van der Waals surface area contributed by atoms with Crippen LogP contribution in [0.1, 0.15) is 0 Å². The zero-order valence-corrected chi connectivity index (χ0v) is 7.28. The van der Waals surface area contributed by atoms with E-state index in [1.807, 2.05) is 0 Å². The van der Waals surface area contributed by atoms with Crippen LogP contribution >= 0.6 is 0 Å². The van der Waals surface area contributed by atoms with Crippen molar-refractivity contribution in [1.29, 1.82) is 0 Å². The van der Waals surface area contributed by atoms with Gasteiger partial charge in [-0.2, -0.15) is 0 Å². The molecule has 0 aromatic heterocycles. The molecule has 0 saturated heterocycles. The van der Waals surface area contributed by atoms with Crippen LogP contribution in [-0.4, -0.2) is 0 Å². The maximum absolute atomic E-state index is 0. The minimum atomic E-state index is 0. The first-order valence-corrected chi connectivity index (χ1v) is 0. The van der Waals surface area contributed by atoms with Crippen LogP contribution in [0.3, 0.4) is 0 Å². The maximum Gasteiger partial charge on any atom is 6.00 e. The molecule has 0 aliphatic rings. The zero-order chi connectivity index (χ0) is 0. The van der Waals surface area contributed by atoms with E-state index in [2.05, 4.69) is 0 Å². The van der Waals surface area contributed by atoms with Gasteiger partial charge in [0.1, 0.15) is 0 Å². The Morgan fingerprint density at radius 1 is 0.250 bits per heavy atom. The van der Waals surface area contributed by atoms with Gasteiger partial charge in [-0.15, -0.1) is 0 Å². The fraction of sp³-hybridized carbons (Fsp3) is 0. The van der Waals surface area contributed by atoms with Crippen molar-refractivity contribution in [3.8, 4) is 0 Å². The summed E-state index contributed by atoms with van der Waals surface area (Å²) in [6, 6.07) is 0. The third-order valence-electron chi connectivity index (χ3n) is 0. The Morgan fingerprint density at radius 3 is 0.250 bits per heavy atom. The number of rotatable bonds is 0. The fourth-order valence-corrected chi connectivity index (χ4v) is 0. The molecule has 48 valence electrons. The summed E-state index contributed by atoms with van der Waals surface area (Å²) < 4.78 is 0. The summed E-state index contributed by atoms with van der Waals surface area (Å²) in [5, 5.41) is 0. The molecule has 0 aliphatic heterocycles. The van der Waals surface area contributed by atoms with Gasteiger partial charge in [0, 0.05) is 0 Å². The maximum atomic E-state index is 0. The van der Waals surface area contributed by atoms with Gasteiger partial charge in [-0.1, -0.05) is 0 Å². The second-order valence-electron chi connectivity index (χ2n) is 0. The van der Waals surface area contributed by atoms with Gasteiger partial charge in [0.25, 0.3) is 0 Å². The Labute approximate surface area is 75.0 Å². The van der Waals surface area contributed by atoms with Crippen LogP contribution in [0.4, 0.5) is 0 Å². The van der Waals surface area contributed by atoms with E-state index in [1.54, 1.807) is 0 Å². The molecule has 0 rings (SSSR count). The average molecular weight is 288 g/mol. The molecule has 0 aliphatic carbocycles. The molecule has 0 aromatic rings. The molecule has 0 heterocycles. The zero-order valence-electron chi connectivity index (χ0n) is 3.27. The summed E-state index contributed by atoms with van der Waals surface area (Å²) in [6.07, 6.45) is 0. The van der Waals surface area contributed by atoms with Crippen molar-refractivity contribution in [2.75, 3.05) is 0 Å². The molecule has 8 heavy (non-hydrogen) atoms. The molecule has 0 saturated carbocycles. The Bertz CT molecular complexity index is 6.49. The smallest absolute Gasteiger partial charge is 2.00 e. The molecule has 0 unspecified atom stereocenters. The Kier molecular flexibility index (Phi) is 18800. The van der Waals surface area contributed by atoms with Gasteiger partial charge in [0.05, 0.1) is 0 Å². The van der Waals surface area contributed by atoms with E-state index < -0.39 is 0 Å². The van der Waals surface area contributed by atoms with Gasteiger partial charge in [-0.05, 0) is 0 Å². The molecular formula is Mo2O6. The van der Waals surface area contributed by atoms with E-state index in [9.17, 15) is 0 Å². The Hall–Kier alpha value is 1.14. The van der Waals surface area contributed by atoms with Crippen LogP contribution in [0.25, 0.3) is 0 Å². The standard InChI is InChI=1S/2Mo.6O/q2*+6;6*-2. The van der Waals surface area contributed by atoms with Gasteiger partial charge in [-0.3, -0.25) is 0 Å². The third kappa shape index (κ3) is 208. The van der Waals surface area contributed by atoms with Crippen LogP contribution in [0.2, 0.25) is 0 Å². The summed E-state index contributed by atoms with van der Waals surface area (Å²) in [6.45, 7) is 0. The first kappa shape index (κ1) is 468. The van der Waals surface area contributed by atoms with Crippen LogP contribution in [0, 0.1) is 0 Å². The molecule has 0 bridgehead atoms. The van der Waals surface area contributed by atoms with E-state index in [-0.39, 0.29) is 75.0 Å². The molecule has 6 nitrogen and oxygen atoms in total. The topological polar surface area (TPSA) is 171 Å². The summed E-state index contributed by atoms with van der Waals surface area (Å²) >= 11 is 0. The second-order valence-corrected chi connectivity index (χ2v) is 0. The van der Waals surface area contributed by atoms with Crippen molar-refractivity contribution in [1.82, 2.24) is 0 Å². The summed E-state index contributed by atoms with van der Waals surface area (Å²) in [5.74, 6) is 0. The molecule has 0 atom stereocenters. The quantitative estimate of drug-likeness (QED) is 0.512. The van der Waals surface area contributed by atoms with Gasteiger partial charge < -0.3 is 32.9 Å². The number of hydrogen-bond donors (Lipinski definition) is 0. The van der Waals surface area contributed by atoms with E-state index in [0.717, 1.165) is 0 Å². The van der Waals surface area contributed by atoms with Crippen molar-refractivity contribution in [2.24, 2.45) is 0 Å². The van der Waals surface area contributed by atoms with Crippen LogP contribution in [-0.2, 0) is 75.0 Å². The monoisotopic (exact) mass is 292 g/mol. The third-order valence-corrected chi connectivity index (χ3v) is 0. The predicted molar refractivity (Wildman–Crippen MR) is 4.12 cm³/mol. The number of hydrogen-bond acceptors (Lipinski definition) is 0. The van der Waals surface area contributed by atoms with Gasteiger partial charge >= 0.3 is 42.1 Å². The SMILES string of the molecule is [Mo+6].[Mo+6].[O-2].[O-2].[O-2].[O-2].[O-2].[O-2]. The molecule has 0 aromatic carbocycles. The Morgan fingerprint density at radius 2 is 0.250 bits per heavy atom. The first-order chi connectivity index (χ1) is 0. The predicted octanol–water partition coefficient (Wildman–Crippen LogP) is -0.718. The van der Waals surface area contributed by atoms with Crippen molar-refractivity contribution in [2.45, 2.75) is 0 Å². The van der Waals surface area contributed by atoms with Gasteiger partial charge in [0.15, 0.2) is 0 Å². The molecule has 8 heteroatoms. The first-order valence-electron chi connectivity index (χ1n) is 0. The van der Waals surface area contributed by atoms with Crippen molar-refractivity contribution in [3.05, 3.63) is 0 Å². The van der Waals surface area contributed by atoms with E-state index >= 15 is 0 Å². The molecule has 0 amide bonds. The largest absolute Gasteiger partial charge is 6.00 e. The molecule has 0 spiro atoms. The average Bonchev–Trinajstić information content (AvgIpc) is 0. The Balaban J connectivity index is 0. The van der Waals surface area contributed by atoms with Crippen molar-refractivity contribution >= 4 is 0 Å². The van der Waals surface area contributed by atoms with Crippen molar-refractivity contribution < 1.29 is 75.0 Å². The van der Waals surface area contributed by atoms with Gasteiger partial charge in [0.2, 0.25) is 0 Å². The molecular weight excluding hydrogens is 288 g/mol. The summed E-state index contributed by atoms with van der Waals surface area (Å²) in [7, 11) is 0. The summed E-state index contributed by atoms with van der Waals surface area (Å²) in [5.41, 5.74) is 0. The van der Waals surface area contributed by atoms with Crippen LogP contribution < -0.4 is 0 Å². The van der Waals surface area contributed by atoms with E-state index in [1.165, 1.54) is 0 Å². The van der Waals surface area contributed by atoms with E-state index in [0.29, 0.717) is 0 Å². The van der Waals surface area contributed by atoms with E-state index in [4.69, 9.17) is 0 Å². The minimum absolute atomic E-state index is 0. The molecule has 0 N–H and O–H groups in total.